The summed E-state index contributed by atoms with van der Waals surface area (Å²) in [6.45, 7) is 0.152. The average Bonchev–Trinajstić information content (AvgIpc) is 3.13. The second-order valence-corrected chi connectivity index (χ2v) is 4.96. The molecule has 0 aromatic carbocycles. The van der Waals surface area contributed by atoms with Gasteiger partial charge in [0.25, 0.3) is 11.1 Å². The lowest BCUT2D eigenvalue weighted by Gasteiger charge is -2.08. The smallest absolute Gasteiger partial charge is 0.267 e. The van der Waals surface area contributed by atoms with E-state index in [4.69, 9.17) is 0 Å². The van der Waals surface area contributed by atoms with Gasteiger partial charge in [-0.1, -0.05) is 0 Å². The van der Waals surface area contributed by atoms with Crippen LogP contribution in [0.3, 0.4) is 0 Å². The highest BCUT2D eigenvalue weighted by Crippen LogP contribution is 1.96. The minimum absolute atomic E-state index is 0.171. The van der Waals surface area contributed by atoms with E-state index in [1.807, 2.05) is 0 Å². The Bertz CT molecular complexity index is 976. The highest BCUT2D eigenvalue weighted by atomic mass is 16.2. The van der Waals surface area contributed by atoms with E-state index >= 15 is 0 Å². The van der Waals surface area contributed by atoms with Crippen LogP contribution in [-0.4, -0.2) is 46.8 Å². The van der Waals surface area contributed by atoms with E-state index in [0.29, 0.717) is 5.82 Å². The molecule has 1 N–H and O–H groups in total. The molecule has 25 heavy (non-hydrogen) atoms. The van der Waals surface area contributed by atoms with Crippen LogP contribution in [0.25, 0.3) is 5.82 Å². The maximum atomic E-state index is 11.9. The Balaban J connectivity index is 1.59. The Morgan fingerprint density at radius 2 is 1.92 bits per heavy atom. The fourth-order valence-electron chi connectivity index (χ4n) is 2.05. The van der Waals surface area contributed by atoms with Crippen molar-refractivity contribution >= 4 is 5.91 Å². The molecular weight excluding hydrogens is 328 g/mol. The van der Waals surface area contributed by atoms with Crippen molar-refractivity contribution in [2.75, 3.05) is 6.54 Å². The number of rotatable bonds is 6. The lowest BCUT2D eigenvalue weighted by molar-refractivity contribution is -0.121. The lowest BCUT2D eigenvalue weighted by atomic mass is 10.5. The average molecular weight is 342 g/mol. The normalized spacial score (nSPS) is 10.6. The molecule has 11 heteroatoms. The van der Waals surface area contributed by atoms with Gasteiger partial charge >= 0.3 is 0 Å². The van der Waals surface area contributed by atoms with Gasteiger partial charge in [-0.05, 0) is 12.1 Å². The van der Waals surface area contributed by atoms with E-state index in [0.717, 1.165) is 4.68 Å². The molecule has 128 valence electrons. The lowest BCUT2D eigenvalue weighted by Crippen LogP contribution is -2.36. The number of carbonyl (C=O) groups excluding carboxylic acids is 1. The maximum Gasteiger partial charge on any atom is 0.267 e. The van der Waals surface area contributed by atoms with Crippen LogP contribution < -0.4 is 16.4 Å². The first-order chi connectivity index (χ1) is 12.1. The quantitative estimate of drug-likeness (QED) is 0.559. The number of hydrogen-bond acceptors (Lipinski definition) is 7. The van der Waals surface area contributed by atoms with Gasteiger partial charge in [-0.2, -0.15) is 10.2 Å². The van der Waals surface area contributed by atoms with E-state index in [2.05, 4.69) is 25.6 Å². The second kappa shape index (κ2) is 7.29. The van der Waals surface area contributed by atoms with Crippen LogP contribution in [0.15, 0.2) is 52.7 Å². The molecule has 0 fully saturated rings. The molecule has 0 unspecified atom stereocenters. The van der Waals surface area contributed by atoms with Crippen molar-refractivity contribution in [3.63, 3.8) is 0 Å². The van der Waals surface area contributed by atoms with E-state index in [1.165, 1.54) is 52.5 Å². The standard InChI is InChI=1S/C14H14N8O3/c23-12(8-21-13(24)2-1-5-17-21)16-6-7-20-14(25)4-3-11(19-20)22-10-15-9-18-22/h1-5,9-10H,6-8H2,(H,16,23). The molecule has 0 saturated heterocycles. The van der Waals surface area contributed by atoms with Crippen LogP contribution in [0.5, 0.6) is 0 Å². The highest BCUT2D eigenvalue weighted by molar-refractivity contribution is 5.75. The topological polar surface area (TPSA) is 130 Å². The number of nitrogens with zero attached hydrogens (tertiary/aromatic N) is 7. The zero-order chi connectivity index (χ0) is 17.6. The summed E-state index contributed by atoms with van der Waals surface area (Å²) in [5, 5.41) is 14.5. The van der Waals surface area contributed by atoms with E-state index in [-0.39, 0.29) is 36.7 Å². The second-order valence-electron chi connectivity index (χ2n) is 4.96. The van der Waals surface area contributed by atoms with Crippen molar-refractivity contribution in [2.45, 2.75) is 13.1 Å². The van der Waals surface area contributed by atoms with Gasteiger partial charge in [0.05, 0.1) is 6.54 Å². The van der Waals surface area contributed by atoms with Crippen molar-refractivity contribution in [3.8, 4) is 5.82 Å². The molecule has 0 spiro atoms. The molecule has 0 atom stereocenters. The zero-order valence-electron chi connectivity index (χ0n) is 13.0. The van der Waals surface area contributed by atoms with Gasteiger partial charge < -0.3 is 5.32 Å². The maximum absolute atomic E-state index is 11.9. The van der Waals surface area contributed by atoms with Crippen LogP contribution in [0, 0.1) is 0 Å². The predicted octanol–water partition coefficient (Wildman–Crippen LogP) is -1.80. The first-order valence-electron chi connectivity index (χ1n) is 7.35. The third kappa shape index (κ3) is 4.02. The third-order valence-electron chi connectivity index (χ3n) is 3.23. The molecule has 0 saturated carbocycles. The SMILES string of the molecule is O=C(Cn1ncccc1=O)NCCn1nc(-n2cncn2)ccc1=O. The van der Waals surface area contributed by atoms with Gasteiger partial charge in [-0.25, -0.2) is 19.0 Å². The van der Waals surface area contributed by atoms with Crippen molar-refractivity contribution in [1.82, 2.24) is 39.6 Å². The van der Waals surface area contributed by atoms with Crippen molar-refractivity contribution in [3.05, 3.63) is 63.8 Å². The number of amides is 1. The van der Waals surface area contributed by atoms with Crippen LogP contribution in [0.2, 0.25) is 0 Å². The van der Waals surface area contributed by atoms with Gasteiger partial charge in [0.15, 0.2) is 5.82 Å². The van der Waals surface area contributed by atoms with E-state index < -0.39 is 0 Å². The molecule has 3 aromatic heterocycles. The van der Waals surface area contributed by atoms with Crippen molar-refractivity contribution < 1.29 is 4.79 Å². The van der Waals surface area contributed by atoms with Gasteiger partial charge in [-0.3, -0.25) is 14.4 Å². The molecule has 0 aliphatic carbocycles. The van der Waals surface area contributed by atoms with Crippen LogP contribution in [-0.2, 0) is 17.9 Å². The molecule has 3 rings (SSSR count). The summed E-state index contributed by atoms with van der Waals surface area (Å²) in [5.41, 5.74) is -0.671. The van der Waals surface area contributed by atoms with Crippen molar-refractivity contribution in [2.24, 2.45) is 0 Å². The molecular formula is C14H14N8O3. The van der Waals surface area contributed by atoms with Crippen LogP contribution >= 0.6 is 0 Å². The number of nitrogens with one attached hydrogen (secondary N) is 1. The molecule has 0 bridgehead atoms. The third-order valence-corrected chi connectivity index (χ3v) is 3.23. The minimum Gasteiger partial charge on any atom is -0.353 e. The van der Waals surface area contributed by atoms with Crippen molar-refractivity contribution in [1.29, 1.82) is 0 Å². The Kier molecular flexibility index (Phi) is 4.74. The van der Waals surface area contributed by atoms with Crippen LogP contribution in [0.4, 0.5) is 0 Å². The Morgan fingerprint density at radius 3 is 2.68 bits per heavy atom. The molecule has 1 amide bonds. The molecule has 0 aliphatic heterocycles. The predicted molar refractivity (Wildman–Crippen MR) is 84.9 cm³/mol. The fourth-order valence-corrected chi connectivity index (χ4v) is 2.05. The molecule has 3 heterocycles. The van der Waals surface area contributed by atoms with Gasteiger partial charge in [0.2, 0.25) is 5.91 Å². The summed E-state index contributed by atoms with van der Waals surface area (Å²) in [7, 11) is 0. The Labute approximate surface area is 140 Å². The summed E-state index contributed by atoms with van der Waals surface area (Å²) in [6, 6.07) is 5.70. The van der Waals surface area contributed by atoms with Gasteiger partial charge in [-0.15, -0.1) is 5.10 Å². The summed E-state index contributed by atoms with van der Waals surface area (Å²) >= 11 is 0. The summed E-state index contributed by atoms with van der Waals surface area (Å²) in [5.74, 6) is 0.0461. The zero-order valence-corrected chi connectivity index (χ0v) is 13.0. The van der Waals surface area contributed by atoms with E-state index in [1.54, 1.807) is 0 Å². The molecule has 0 aliphatic rings. The molecule has 3 aromatic rings. The first-order valence-corrected chi connectivity index (χ1v) is 7.35. The van der Waals surface area contributed by atoms with Gasteiger partial charge in [0.1, 0.15) is 19.2 Å². The summed E-state index contributed by atoms with van der Waals surface area (Å²) in [6.07, 6.45) is 4.24. The summed E-state index contributed by atoms with van der Waals surface area (Å²) < 4.78 is 3.68. The number of carbonyl (C=O) groups is 1. The molecule has 11 nitrogen and oxygen atoms in total. The summed E-state index contributed by atoms with van der Waals surface area (Å²) in [4.78, 5) is 39.0. The Hall–Kier alpha value is -3.63. The highest BCUT2D eigenvalue weighted by Gasteiger charge is 2.06. The number of hydrogen-bond donors (Lipinski definition) is 1. The largest absolute Gasteiger partial charge is 0.353 e. The first kappa shape index (κ1) is 16.2. The van der Waals surface area contributed by atoms with Gasteiger partial charge in [0, 0.05) is 24.9 Å². The van der Waals surface area contributed by atoms with E-state index in [9.17, 15) is 14.4 Å². The minimum atomic E-state index is -0.388. The molecule has 0 radical (unpaired) electrons. The monoisotopic (exact) mass is 342 g/mol. The Morgan fingerprint density at radius 1 is 1.08 bits per heavy atom. The van der Waals surface area contributed by atoms with Crippen LogP contribution in [0.1, 0.15) is 0 Å². The fraction of sp³-hybridized carbons (Fsp3) is 0.214. The number of aromatic nitrogens is 7.